The maximum Gasteiger partial charge on any atom is 0.227 e. The van der Waals surface area contributed by atoms with Gasteiger partial charge in [0.25, 0.3) is 0 Å². The molecule has 1 aliphatic carbocycles. The first-order valence-electron chi connectivity index (χ1n) is 6.88. The lowest BCUT2D eigenvalue weighted by molar-refractivity contribution is 0.0970. The van der Waals surface area contributed by atoms with E-state index in [-0.39, 0.29) is 5.78 Å². The van der Waals surface area contributed by atoms with Crippen molar-refractivity contribution in [2.75, 3.05) is 5.32 Å². The summed E-state index contributed by atoms with van der Waals surface area (Å²) in [6.45, 7) is 3.92. The minimum Gasteiger partial charge on any atom is -0.324 e. The van der Waals surface area contributed by atoms with E-state index in [4.69, 9.17) is 0 Å². The minimum atomic E-state index is 0.172. The Morgan fingerprint density at radius 2 is 2.00 bits per heavy atom. The van der Waals surface area contributed by atoms with Gasteiger partial charge in [-0.2, -0.15) is 0 Å². The summed E-state index contributed by atoms with van der Waals surface area (Å²) in [5.41, 5.74) is 4.52. The number of anilines is 2. The van der Waals surface area contributed by atoms with E-state index in [1.54, 1.807) is 0 Å². The van der Waals surface area contributed by atoms with Crippen LogP contribution in [0, 0.1) is 13.8 Å². The zero-order valence-corrected chi connectivity index (χ0v) is 11.7. The fourth-order valence-electron chi connectivity index (χ4n) is 2.63. The molecule has 1 aromatic heterocycles. The number of nitrogens with one attached hydrogen (secondary N) is 1. The number of nitrogens with zero attached hydrogens (tertiary/aromatic N) is 2. The predicted molar refractivity (Wildman–Crippen MR) is 78.5 cm³/mol. The van der Waals surface area contributed by atoms with E-state index in [9.17, 15) is 4.79 Å². The number of hydrogen-bond donors (Lipinski definition) is 1. The summed E-state index contributed by atoms with van der Waals surface area (Å²) in [5.74, 6) is 0.743. The molecule has 0 atom stereocenters. The van der Waals surface area contributed by atoms with Crippen LogP contribution in [0.2, 0.25) is 0 Å². The van der Waals surface area contributed by atoms with Crippen LogP contribution in [-0.2, 0) is 6.42 Å². The van der Waals surface area contributed by atoms with Gasteiger partial charge >= 0.3 is 0 Å². The van der Waals surface area contributed by atoms with E-state index in [0.717, 1.165) is 35.5 Å². The first-order valence-corrected chi connectivity index (χ1v) is 6.88. The number of benzene rings is 1. The molecule has 0 spiro atoms. The van der Waals surface area contributed by atoms with Crippen molar-refractivity contribution in [1.29, 1.82) is 0 Å². The molecule has 0 saturated carbocycles. The summed E-state index contributed by atoms with van der Waals surface area (Å²) in [6, 6.07) is 8.06. The van der Waals surface area contributed by atoms with Gasteiger partial charge in [0.05, 0.1) is 17.0 Å². The van der Waals surface area contributed by atoms with E-state index >= 15 is 0 Å². The SMILES string of the molecule is Cc1cccc(Nc2nc(C)c3c(n2)CCCC3=O)c1. The molecule has 2 aromatic rings. The third-order valence-electron chi connectivity index (χ3n) is 3.54. The van der Waals surface area contributed by atoms with E-state index in [2.05, 4.69) is 15.3 Å². The summed E-state index contributed by atoms with van der Waals surface area (Å²) in [6.07, 6.45) is 2.35. The van der Waals surface area contributed by atoms with Gasteiger partial charge in [-0.1, -0.05) is 12.1 Å². The van der Waals surface area contributed by atoms with Crippen molar-refractivity contribution in [3.63, 3.8) is 0 Å². The number of Topliss-reactive ketones (excluding diaryl/α,β-unsaturated/α-hetero) is 1. The van der Waals surface area contributed by atoms with Crippen LogP contribution in [0.15, 0.2) is 24.3 Å². The Bertz CT molecular complexity index is 679. The largest absolute Gasteiger partial charge is 0.324 e. The molecule has 3 rings (SSSR count). The standard InChI is InChI=1S/C16H17N3O/c1-10-5-3-6-12(9-10)18-16-17-11(2)15-13(19-16)7-4-8-14(15)20/h3,5-6,9H,4,7-8H2,1-2H3,(H,17,18,19). The number of fused-ring (bicyclic) bond motifs is 1. The third kappa shape index (κ3) is 2.41. The highest BCUT2D eigenvalue weighted by Gasteiger charge is 2.22. The molecule has 102 valence electrons. The van der Waals surface area contributed by atoms with Crippen LogP contribution >= 0.6 is 0 Å². The quantitative estimate of drug-likeness (QED) is 0.906. The molecule has 0 radical (unpaired) electrons. The molecule has 1 N–H and O–H groups in total. The fourth-order valence-corrected chi connectivity index (χ4v) is 2.63. The molecule has 0 bridgehead atoms. The Morgan fingerprint density at radius 3 is 2.80 bits per heavy atom. The zero-order chi connectivity index (χ0) is 14.1. The van der Waals surface area contributed by atoms with Gasteiger partial charge in [0.2, 0.25) is 5.95 Å². The van der Waals surface area contributed by atoms with Gasteiger partial charge in [-0.05, 0) is 44.4 Å². The zero-order valence-electron chi connectivity index (χ0n) is 11.7. The van der Waals surface area contributed by atoms with Crippen LogP contribution in [0.3, 0.4) is 0 Å². The number of rotatable bonds is 2. The topological polar surface area (TPSA) is 54.9 Å². The molecule has 0 saturated heterocycles. The van der Waals surface area contributed by atoms with Crippen molar-refractivity contribution in [2.45, 2.75) is 33.1 Å². The Kier molecular flexibility index (Phi) is 3.22. The van der Waals surface area contributed by atoms with Gasteiger partial charge in [-0.25, -0.2) is 9.97 Å². The van der Waals surface area contributed by atoms with Crippen LogP contribution in [-0.4, -0.2) is 15.8 Å². The predicted octanol–water partition coefficient (Wildman–Crippen LogP) is 3.36. The maximum absolute atomic E-state index is 11.9. The molecule has 0 unspecified atom stereocenters. The summed E-state index contributed by atoms with van der Waals surface area (Å²) in [7, 11) is 0. The van der Waals surface area contributed by atoms with E-state index in [1.807, 2.05) is 38.1 Å². The van der Waals surface area contributed by atoms with Crippen LogP contribution in [0.1, 0.15) is 40.2 Å². The maximum atomic E-state index is 11.9. The lowest BCUT2D eigenvalue weighted by Gasteiger charge is -2.17. The Balaban J connectivity index is 1.95. The average molecular weight is 267 g/mol. The number of carbonyl (C=O) groups excluding carboxylic acids is 1. The van der Waals surface area contributed by atoms with Gasteiger partial charge in [0.1, 0.15) is 0 Å². The highest BCUT2D eigenvalue weighted by atomic mass is 16.1. The number of ketones is 1. The van der Waals surface area contributed by atoms with E-state index in [1.165, 1.54) is 5.56 Å². The molecule has 4 heteroatoms. The molecule has 1 aliphatic rings. The number of hydrogen-bond acceptors (Lipinski definition) is 4. The highest BCUT2D eigenvalue weighted by molar-refractivity contribution is 5.99. The second-order valence-electron chi connectivity index (χ2n) is 5.23. The summed E-state index contributed by atoms with van der Waals surface area (Å²) in [4.78, 5) is 20.8. The van der Waals surface area contributed by atoms with Gasteiger partial charge in [-0.15, -0.1) is 0 Å². The second kappa shape index (κ2) is 5.04. The molecule has 4 nitrogen and oxygen atoms in total. The number of carbonyl (C=O) groups is 1. The average Bonchev–Trinajstić information content (AvgIpc) is 2.38. The van der Waals surface area contributed by atoms with Crippen molar-refractivity contribution in [2.24, 2.45) is 0 Å². The van der Waals surface area contributed by atoms with Gasteiger partial charge in [0.15, 0.2) is 5.78 Å². The van der Waals surface area contributed by atoms with Crippen molar-refractivity contribution in [3.8, 4) is 0 Å². The van der Waals surface area contributed by atoms with Crippen LogP contribution < -0.4 is 5.32 Å². The lowest BCUT2D eigenvalue weighted by Crippen LogP contribution is -2.17. The second-order valence-corrected chi connectivity index (χ2v) is 5.23. The van der Waals surface area contributed by atoms with E-state index in [0.29, 0.717) is 12.4 Å². The van der Waals surface area contributed by atoms with Crippen LogP contribution in [0.4, 0.5) is 11.6 Å². The molecule has 1 heterocycles. The molecular weight excluding hydrogens is 250 g/mol. The van der Waals surface area contributed by atoms with Crippen molar-refractivity contribution in [3.05, 3.63) is 46.8 Å². The van der Waals surface area contributed by atoms with E-state index < -0.39 is 0 Å². The van der Waals surface area contributed by atoms with Crippen molar-refractivity contribution < 1.29 is 4.79 Å². The fraction of sp³-hybridized carbons (Fsp3) is 0.312. The lowest BCUT2D eigenvalue weighted by atomic mass is 9.94. The summed E-state index contributed by atoms with van der Waals surface area (Å²) >= 11 is 0. The smallest absolute Gasteiger partial charge is 0.227 e. The first-order chi connectivity index (χ1) is 9.63. The molecule has 0 aliphatic heterocycles. The number of aryl methyl sites for hydroxylation is 3. The number of aromatic nitrogens is 2. The summed E-state index contributed by atoms with van der Waals surface area (Å²) < 4.78 is 0. The van der Waals surface area contributed by atoms with Crippen LogP contribution in [0.25, 0.3) is 0 Å². The van der Waals surface area contributed by atoms with Crippen molar-refractivity contribution >= 4 is 17.4 Å². The van der Waals surface area contributed by atoms with Crippen LogP contribution in [0.5, 0.6) is 0 Å². The Morgan fingerprint density at radius 1 is 1.15 bits per heavy atom. The minimum absolute atomic E-state index is 0.172. The Labute approximate surface area is 118 Å². The molecule has 0 amide bonds. The monoisotopic (exact) mass is 267 g/mol. The highest BCUT2D eigenvalue weighted by Crippen LogP contribution is 2.24. The first kappa shape index (κ1) is 12.8. The molecule has 0 fully saturated rings. The Hall–Kier alpha value is -2.23. The third-order valence-corrected chi connectivity index (χ3v) is 3.54. The van der Waals surface area contributed by atoms with Gasteiger partial charge in [0, 0.05) is 12.1 Å². The molecular formula is C16H17N3O. The molecule has 1 aromatic carbocycles. The van der Waals surface area contributed by atoms with Gasteiger partial charge < -0.3 is 5.32 Å². The molecule has 20 heavy (non-hydrogen) atoms. The summed E-state index contributed by atoms with van der Waals surface area (Å²) in [5, 5.41) is 3.22. The van der Waals surface area contributed by atoms with Gasteiger partial charge in [-0.3, -0.25) is 4.79 Å². The normalized spacial score (nSPS) is 14.0. The van der Waals surface area contributed by atoms with Crippen molar-refractivity contribution in [1.82, 2.24) is 9.97 Å².